The quantitative estimate of drug-likeness (QED) is 0.866. The van der Waals surface area contributed by atoms with Crippen molar-refractivity contribution in [1.82, 2.24) is 0 Å². The fourth-order valence-corrected chi connectivity index (χ4v) is 2.64. The van der Waals surface area contributed by atoms with E-state index >= 15 is 0 Å². The summed E-state index contributed by atoms with van der Waals surface area (Å²) in [6, 6.07) is 5.36. The number of anilines is 2. The van der Waals surface area contributed by atoms with Gasteiger partial charge >= 0.3 is 0 Å². The minimum Gasteiger partial charge on any atom is -0.375 e. The van der Waals surface area contributed by atoms with Gasteiger partial charge in [0.2, 0.25) is 5.91 Å². The van der Waals surface area contributed by atoms with Crippen LogP contribution in [0.25, 0.3) is 0 Å². The Morgan fingerprint density at radius 2 is 2.06 bits per heavy atom. The number of nitrogens with zero attached hydrogens (tertiary/aromatic N) is 1. The molecule has 0 radical (unpaired) electrons. The average Bonchev–Trinajstić information content (AvgIpc) is 2.87. The molecule has 18 heavy (non-hydrogen) atoms. The largest absolute Gasteiger partial charge is 0.375 e. The van der Waals surface area contributed by atoms with E-state index in [2.05, 4.69) is 5.32 Å². The van der Waals surface area contributed by atoms with Gasteiger partial charge in [-0.1, -0.05) is 17.7 Å². The number of carbonyl (C=O) groups is 1. The number of alkyl halides is 2. The maximum absolute atomic E-state index is 11.9. The summed E-state index contributed by atoms with van der Waals surface area (Å²) in [6.45, 7) is 0. The van der Waals surface area contributed by atoms with Gasteiger partial charge in [-0.2, -0.15) is 0 Å². The van der Waals surface area contributed by atoms with Crippen molar-refractivity contribution >= 4 is 52.1 Å². The van der Waals surface area contributed by atoms with Crippen LogP contribution in [-0.4, -0.2) is 24.3 Å². The van der Waals surface area contributed by atoms with Gasteiger partial charge in [-0.15, -0.1) is 23.2 Å². The van der Waals surface area contributed by atoms with Gasteiger partial charge in [0, 0.05) is 14.1 Å². The molecule has 0 aliphatic heterocycles. The summed E-state index contributed by atoms with van der Waals surface area (Å²) in [5, 5.41) is 3.40. The van der Waals surface area contributed by atoms with Crippen molar-refractivity contribution < 1.29 is 4.79 Å². The molecule has 0 aromatic heterocycles. The summed E-state index contributed by atoms with van der Waals surface area (Å²) >= 11 is 17.9. The first-order valence-electron chi connectivity index (χ1n) is 5.47. The van der Waals surface area contributed by atoms with E-state index in [1.807, 2.05) is 19.0 Å². The second-order valence-electron chi connectivity index (χ2n) is 4.54. The highest BCUT2D eigenvalue weighted by atomic mass is 35.5. The third-order valence-electron chi connectivity index (χ3n) is 2.83. The van der Waals surface area contributed by atoms with Crippen LogP contribution < -0.4 is 10.2 Å². The van der Waals surface area contributed by atoms with Crippen LogP contribution in [0.5, 0.6) is 0 Å². The van der Waals surface area contributed by atoms with Gasteiger partial charge in [0.05, 0.1) is 22.3 Å². The normalized spacial score (nSPS) is 20.4. The highest BCUT2D eigenvalue weighted by Crippen LogP contribution is 2.53. The molecule has 0 spiro atoms. The molecule has 6 heteroatoms. The number of halogens is 3. The zero-order valence-electron chi connectivity index (χ0n) is 10.0. The molecule has 0 bridgehead atoms. The average molecular weight is 308 g/mol. The summed E-state index contributed by atoms with van der Waals surface area (Å²) in [7, 11) is 3.72. The Kier molecular flexibility index (Phi) is 3.67. The van der Waals surface area contributed by atoms with E-state index in [1.54, 1.807) is 18.2 Å². The number of benzene rings is 1. The van der Waals surface area contributed by atoms with Crippen LogP contribution in [0.1, 0.15) is 6.42 Å². The van der Waals surface area contributed by atoms with Crippen molar-refractivity contribution in [2.24, 2.45) is 5.92 Å². The van der Waals surface area contributed by atoms with Crippen LogP contribution in [-0.2, 0) is 4.79 Å². The van der Waals surface area contributed by atoms with E-state index in [-0.39, 0.29) is 11.8 Å². The molecule has 1 amide bonds. The molecule has 1 N–H and O–H groups in total. The summed E-state index contributed by atoms with van der Waals surface area (Å²) in [4.78, 5) is 13.8. The summed E-state index contributed by atoms with van der Waals surface area (Å²) in [6.07, 6.45) is 0.486. The van der Waals surface area contributed by atoms with Crippen molar-refractivity contribution in [1.29, 1.82) is 0 Å². The van der Waals surface area contributed by atoms with E-state index < -0.39 is 4.33 Å². The predicted octanol–water partition coefficient (Wildman–Crippen LogP) is 3.54. The minimum absolute atomic E-state index is 0.176. The number of carbonyl (C=O) groups excluding carboxylic acids is 1. The molecular weight excluding hydrogens is 295 g/mol. The number of hydrogen-bond donors (Lipinski definition) is 1. The number of rotatable bonds is 3. The Labute approximate surface area is 121 Å². The minimum atomic E-state index is -0.916. The maximum atomic E-state index is 11.9. The Morgan fingerprint density at radius 1 is 1.44 bits per heavy atom. The van der Waals surface area contributed by atoms with Gasteiger partial charge in [-0.25, -0.2) is 0 Å². The lowest BCUT2D eigenvalue weighted by Gasteiger charge is -2.19. The number of para-hydroxylation sites is 1. The highest BCUT2D eigenvalue weighted by molar-refractivity contribution is 6.52. The van der Waals surface area contributed by atoms with Crippen molar-refractivity contribution in [3.63, 3.8) is 0 Å². The molecule has 1 aliphatic rings. The van der Waals surface area contributed by atoms with E-state index in [1.165, 1.54) is 0 Å². The molecule has 3 nitrogen and oxygen atoms in total. The standard InChI is InChI=1S/C12H13Cl3N2O/c1-17(2)10-8(13)4-3-5-9(10)16-11(18)7-6-12(7,14)15/h3-5,7H,6H2,1-2H3,(H,16,18). The Hall–Kier alpha value is -0.640. The van der Waals surface area contributed by atoms with Crippen LogP contribution >= 0.6 is 34.8 Å². The number of hydrogen-bond acceptors (Lipinski definition) is 2. The fraction of sp³-hybridized carbons (Fsp3) is 0.417. The first kappa shape index (κ1) is 13.8. The molecule has 1 unspecified atom stereocenters. The molecule has 1 saturated carbocycles. The Balaban J connectivity index is 2.20. The zero-order valence-corrected chi connectivity index (χ0v) is 12.3. The summed E-state index contributed by atoms with van der Waals surface area (Å²) < 4.78 is -0.916. The molecule has 0 heterocycles. The molecule has 1 aliphatic carbocycles. The zero-order chi connectivity index (χ0) is 13.5. The third kappa shape index (κ3) is 2.68. The molecule has 98 valence electrons. The van der Waals surface area contributed by atoms with Crippen LogP contribution in [0.2, 0.25) is 5.02 Å². The smallest absolute Gasteiger partial charge is 0.230 e. The first-order valence-corrected chi connectivity index (χ1v) is 6.61. The Bertz CT molecular complexity index is 488. The fourth-order valence-electron chi connectivity index (χ4n) is 1.79. The summed E-state index contributed by atoms with van der Waals surface area (Å²) in [5.41, 5.74) is 1.43. The van der Waals surface area contributed by atoms with Crippen LogP contribution in [0.3, 0.4) is 0 Å². The van der Waals surface area contributed by atoms with Crippen LogP contribution in [0.4, 0.5) is 11.4 Å². The van der Waals surface area contributed by atoms with Gasteiger partial charge in [-0.05, 0) is 18.6 Å². The van der Waals surface area contributed by atoms with Gasteiger partial charge in [0.15, 0.2) is 0 Å². The molecule has 2 rings (SSSR count). The third-order valence-corrected chi connectivity index (χ3v) is 3.97. The van der Waals surface area contributed by atoms with Crippen LogP contribution in [0.15, 0.2) is 18.2 Å². The van der Waals surface area contributed by atoms with Crippen molar-refractivity contribution in [2.75, 3.05) is 24.3 Å². The van der Waals surface area contributed by atoms with Crippen molar-refractivity contribution in [2.45, 2.75) is 10.8 Å². The maximum Gasteiger partial charge on any atom is 0.230 e. The topological polar surface area (TPSA) is 32.3 Å². The first-order chi connectivity index (χ1) is 8.33. The second kappa shape index (κ2) is 4.80. The van der Waals surface area contributed by atoms with Gasteiger partial charge in [-0.3, -0.25) is 4.79 Å². The van der Waals surface area contributed by atoms with E-state index in [9.17, 15) is 4.79 Å². The SMILES string of the molecule is CN(C)c1c(Cl)cccc1NC(=O)C1CC1(Cl)Cl. The predicted molar refractivity (Wildman–Crippen MR) is 77.0 cm³/mol. The summed E-state index contributed by atoms with van der Waals surface area (Å²) in [5.74, 6) is -0.528. The van der Waals surface area contributed by atoms with Gasteiger partial charge in [0.1, 0.15) is 4.33 Å². The highest BCUT2D eigenvalue weighted by Gasteiger charge is 2.56. The molecule has 1 fully saturated rings. The van der Waals surface area contributed by atoms with E-state index in [0.717, 1.165) is 5.69 Å². The Morgan fingerprint density at radius 3 is 2.56 bits per heavy atom. The van der Waals surface area contributed by atoms with Crippen LogP contribution in [0, 0.1) is 5.92 Å². The van der Waals surface area contributed by atoms with Gasteiger partial charge in [0.25, 0.3) is 0 Å². The second-order valence-corrected chi connectivity index (χ2v) is 6.49. The van der Waals surface area contributed by atoms with Crippen molar-refractivity contribution in [3.8, 4) is 0 Å². The lowest BCUT2D eigenvalue weighted by atomic mass is 10.2. The molecular formula is C12H13Cl3N2O. The van der Waals surface area contributed by atoms with Crippen molar-refractivity contribution in [3.05, 3.63) is 23.2 Å². The lowest BCUT2D eigenvalue weighted by molar-refractivity contribution is -0.117. The number of nitrogens with one attached hydrogen (secondary N) is 1. The monoisotopic (exact) mass is 306 g/mol. The lowest BCUT2D eigenvalue weighted by Crippen LogP contribution is -2.20. The number of amides is 1. The molecule has 1 atom stereocenters. The van der Waals surface area contributed by atoms with E-state index in [0.29, 0.717) is 17.1 Å². The molecule has 1 aromatic carbocycles. The van der Waals surface area contributed by atoms with Gasteiger partial charge < -0.3 is 10.2 Å². The molecule has 0 saturated heterocycles. The molecule has 1 aromatic rings. The van der Waals surface area contributed by atoms with E-state index in [4.69, 9.17) is 34.8 Å².